The van der Waals surface area contributed by atoms with Crippen LogP contribution in [0.4, 0.5) is 11.4 Å². The van der Waals surface area contributed by atoms with E-state index in [0.717, 1.165) is 71.7 Å². The number of nitrogens with zero attached hydrogens (tertiary/aromatic N) is 2. The molecule has 314 valence electrons. The van der Waals surface area contributed by atoms with Crippen LogP contribution in [0.25, 0.3) is 0 Å². The first-order valence-electron chi connectivity index (χ1n) is 20.2. The van der Waals surface area contributed by atoms with Crippen LogP contribution in [0.1, 0.15) is 96.6 Å². The molecule has 0 unspecified atom stereocenters. The fourth-order valence-electron chi connectivity index (χ4n) is 8.54. The van der Waals surface area contributed by atoms with E-state index >= 15 is 0 Å². The van der Waals surface area contributed by atoms with Crippen molar-refractivity contribution in [2.24, 2.45) is 0 Å². The number of allylic oxidation sites excluding steroid dienone is 7. The van der Waals surface area contributed by atoms with Crippen molar-refractivity contribution < 1.29 is 45.2 Å². The molecule has 2 heterocycles. The van der Waals surface area contributed by atoms with E-state index in [1.165, 1.54) is 29.8 Å². The van der Waals surface area contributed by atoms with E-state index < -0.39 is 26.2 Å². The summed E-state index contributed by atoms with van der Waals surface area (Å²) in [7, 11) is -8.71. The van der Waals surface area contributed by atoms with Crippen LogP contribution in [0, 0.1) is 0 Å². The summed E-state index contributed by atoms with van der Waals surface area (Å²) >= 11 is 0. The maximum absolute atomic E-state index is 11.7. The number of hydrogen-bond acceptors (Lipinski definition) is 8. The lowest BCUT2D eigenvalue weighted by Gasteiger charge is -2.27. The zero-order valence-electron chi connectivity index (χ0n) is 34.2. The molecule has 2 aliphatic heterocycles. The van der Waals surface area contributed by atoms with Gasteiger partial charge in [-0.2, -0.15) is 13.0 Å². The van der Waals surface area contributed by atoms with Gasteiger partial charge in [0, 0.05) is 53.9 Å². The highest BCUT2D eigenvalue weighted by atomic mass is 32.2. The van der Waals surface area contributed by atoms with Gasteiger partial charge in [-0.25, -0.2) is 8.42 Å². The molecule has 0 atom stereocenters. The molecule has 3 aromatic rings. The minimum atomic E-state index is -4.65. The number of aliphatic carboxylic acids is 1. The fourth-order valence-corrected chi connectivity index (χ4v) is 9.58. The molecule has 13 heteroatoms. The molecule has 11 nitrogen and oxygen atoms in total. The van der Waals surface area contributed by atoms with Gasteiger partial charge in [0.15, 0.2) is 5.71 Å². The Balaban J connectivity index is 1.41. The lowest BCUT2D eigenvalue weighted by molar-refractivity contribution is -0.438. The normalized spacial score (nSPS) is 18.9. The average Bonchev–Trinajstić information content (AvgIpc) is 3.52. The van der Waals surface area contributed by atoms with Crippen LogP contribution >= 0.6 is 0 Å². The summed E-state index contributed by atoms with van der Waals surface area (Å²) in [6.07, 6.45) is 14.0. The van der Waals surface area contributed by atoms with Crippen molar-refractivity contribution in [3.63, 3.8) is 0 Å². The third kappa shape index (κ3) is 10.1. The summed E-state index contributed by atoms with van der Waals surface area (Å²) in [5.74, 6) is -0.0575. The molecule has 59 heavy (non-hydrogen) atoms. The number of carbonyl (C=O) groups is 1. The molecule has 6 rings (SSSR count). The van der Waals surface area contributed by atoms with Gasteiger partial charge in [0.1, 0.15) is 28.2 Å². The second-order valence-corrected chi connectivity index (χ2v) is 19.4. The van der Waals surface area contributed by atoms with Crippen LogP contribution in [0.5, 0.6) is 5.75 Å². The van der Waals surface area contributed by atoms with Crippen molar-refractivity contribution >= 4 is 43.3 Å². The summed E-state index contributed by atoms with van der Waals surface area (Å²) in [5.41, 5.74) is 7.88. The Labute approximate surface area is 348 Å². The number of hydrogen-bond donors (Lipinski definition) is 2. The third-order valence-electron chi connectivity index (χ3n) is 11.6. The minimum Gasteiger partial charge on any atom is -0.744 e. The van der Waals surface area contributed by atoms with Gasteiger partial charge in [-0.15, -0.1) is 0 Å². The average molecular weight is 843 g/mol. The number of para-hydroxylation sites is 2. The number of carboxylic acid groups (broad SMARTS) is 1. The molecule has 0 radical (unpaired) electrons. The van der Waals surface area contributed by atoms with Gasteiger partial charge in [-0.3, -0.25) is 9.35 Å². The van der Waals surface area contributed by atoms with Gasteiger partial charge < -0.3 is 19.3 Å². The van der Waals surface area contributed by atoms with Crippen LogP contribution in [-0.2, 0) is 35.9 Å². The Hall–Kier alpha value is -4.82. The highest BCUT2D eigenvalue weighted by molar-refractivity contribution is 7.86. The van der Waals surface area contributed by atoms with E-state index in [9.17, 15) is 30.7 Å². The van der Waals surface area contributed by atoms with E-state index in [0.29, 0.717) is 43.7 Å². The predicted molar refractivity (Wildman–Crippen MR) is 229 cm³/mol. The Morgan fingerprint density at radius 1 is 0.831 bits per heavy atom. The Morgan fingerprint density at radius 2 is 1.53 bits per heavy atom. The highest BCUT2D eigenvalue weighted by Gasteiger charge is 2.44. The van der Waals surface area contributed by atoms with Crippen LogP contribution in [-0.4, -0.2) is 66.1 Å². The maximum atomic E-state index is 11.7. The summed E-state index contributed by atoms with van der Waals surface area (Å²) in [6, 6.07) is 22.0. The zero-order valence-corrected chi connectivity index (χ0v) is 35.8. The summed E-state index contributed by atoms with van der Waals surface area (Å²) in [6.45, 7) is 10.0. The van der Waals surface area contributed by atoms with Crippen molar-refractivity contribution in [2.45, 2.75) is 101 Å². The molecule has 0 spiro atoms. The summed E-state index contributed by atoms with van der Waals surface area (Å²) < 4.78 is 76.4. The number of ether oxygens (including phenoxy) is 1. The topological polar surface area (TPSA) is 164 Å². The molecule has 3 aromatic carbocycles. The second-order valence-electron chi connectivity index (χ2n) is 16.5. The van der Waals surface area contributed by atoms with Crippen LogP contribution in [0.3, 0.4) is 0 Å². The van der Waals surface area contributed by atoms with Gasteiger partial charge in [0.25, 0.3) is 10.1 Å². The monoisotopic (exact) mass is 842 g/mol. The first-order chi connectivity index (χ1) is 27.9. The smallest absolute Gasteiger partial charge is 0.303 e. The zero-order chi connectivity index (χ0) is 42.6. The quantitative estimate of drug-likeness (QED) is 0.0762. The van der Waals surface area contributed by atoms with Gasteiger partial charge >= 0.3 is 5.97 Å². The molecule has 2 N–H and O–H groups in total. The Kier molecular flexibility index (Phi) is 13.2. The number of carboxylic acids is 1. The first kappa shape index (κ1) is 43.8. The van der Waals surface area contributed by atoms with Gasteiger partial charge in [0.2, 0.25) is 5.69 Å². The lowest BCUT2D eigenvalue weighted by Crippen LogP contribution is -2.28. The minimum absolute atomic E-state index is 0.150. The molecule has 1 aliphatic carbocycles. The summed E-state index contributed by atoms with van der Waals surface area (Å²) in [4.78, 5) is 13.0. The Bertz CT molecular complexity index is 2460. The molecule has 3 aliphatic rings. The van der Waals surface area contributed by atoms with Crippen LogP contribution < -0.4 is 9.64 Å². The van der Waals surface area contributed by atoms with Crippen LogP contribution in [0.15, 0.2) is 125 Å². The number of unbranched alkanes of at least 4 members (excludes halogenated alkanes) is 3. The largest absolute Gasteiger partial charge is 0.744 e. The molecule has 0 saturated heterocycles. The molecule has 0 amide bonds. The number of anilines is 1. The molecule has 0 aromatic heterocycles. The SMILES string of the molecule is CC1(C)C(/C=C/C2=C(Oc3ccc(S(=O)(=O)[O-])cc3)C(=C/C=C3/N(CCCCS(=O)(=O)O)c4ccccc4C3(C)C)/CCC2)=[N+](CCCCCC(=O)O)c2ccccc21. The van der Waals surface area contributed by atoms with E-state index in [-0.39, 0.29) is 27.9 Å². The van der Waals surface area contributed by atoms with Crippen LogP contribution in [0.2, 0.25) is 0 Å². The first-order valence-corrected chi connectivity index (χ1v) is 23.2. The number of fused-ring (bicyclic) bond motifs is 2. The lowest BCUT2D eigenvalue weighted by atomic mass is 9.81. The number of benzene rings is 3. The Morgan fingerprint density at radius 3 is 2.22 bits per heavy atom. The van der Waals surface area contributed by atoms with Crippen molar-refractivity contribution in [3.05, 3.63) is 131 Å². The maximum Gasteiger partial charge on any atom is 0.303 e. The van der Waals surface area contributed by atoms with Gasteiger partial charge in [0.05, 0.1) is 16.1 Å². The molecule has 0 bridgehead atoms. The molecular weight excluding hydrogens is 789 g/mol. The van der Waals surface area contributed by atoms with E-state index in [2.05, 4.69) is 85.7 Å². The standard InChI is InChI=1S/C46H54N2O9S2/c1-45(2)37-17-7-9-19-39(37)47(30-11-5-6-21-43(49)50)41(45)28-22-33-15-14-16-34(44(33)57-35-24-26-36(27-25-35)59(54,55)56)23-29-42-46(3,4)38-18-8-10-20-40(38)48(42)31-12-13-32-58(51,52)53/h7-10,17-20,22-29H,5-6,11-16,21,30-32H2,1-4H3,(H2-,49,50,51,52,53,54,55,56). The fraction of sp³-hybridized carbons (Fsp3) is 0.391. The predicted octanol–water partition coefficient (Wildman–Crippen LogP) is 8.96. The van der Waals surface area contributed by atoms with E-state index in [1.54, 1.807) is 0 Å². The van der Waals surface area contributed by atoms with E-state index in [4.69, 9.17) is 9.84 Å². The number of rotatable bonds is 17. The third-order valence-corrected chi connectivity index (χ3v) is 13.3. The van der Waals surface area contributed by atoms with Crippen molar-refractivity contribution in [2.75, 3.05) is 23.7 Å². The molecule has 0 saturated carbocycles. The highest BCUT2D eigenvalue weighted by Crippen LogP contribution is 2.48. The van der Waals surface area contributed by atoms with Gasteiger partial charge in [-0.1, -0.05) is 56.3 Å². The molecule has 0 fully saturated rings. The van der Waals surface area contributed by atoms with Crippen molar-refractivity contribution in [1.82, 2.24) is 0 Å². The van der Waals surface area contributed by atoms with E-state index in [1.807, 2.05) is 24.3 Å². The van der Waals surface area contributed by atoms with Gasteiger partial charge in [-0.05, 0) is 118 Å². The van der Waals surface area contributed by atoms with Crippen molar-refractivity contribution in [3.8, 4) is 5.75 Å². The summed E-state index contributed by atoms with van der Waals surface area (Å²) in [5, 5.41) is 9.15. The second kappa shape index (κ2) is 17.8. The molecular formula is C46H54N2O9S2. The van der Waals surface area contributed by atoms with Crippen molar-refractivity contribution in [1.29, 1.82) is 0 Å².